The average molecular weight is 306 g/mol. The van der Waals surface area contributed by atoms with Crippen LogP contribution in [0.4, 0.5) is 10.5 Å². The number of carboxylic acids is 1. The SMILES string of the molecule is CCN(C(=O)Nc1ccc2sccc2c1)C(C)(C)C(=O)O. The number of hydrogen-bond donors (Lipinski definition) is 2. The Morgan fingerprint density at radius 2 is 2.05 bits per heavy atom. The fourth-order valence-corrected chi connectivity index (χ4v) is 2.91. The van der Waals surface area contributed by atoms with Crippen molar-refractivity contribution >= 4 is 39.1 Å². The molecule has 1 aromatic heterocycles. The quantitative estimate of drug-likeness (QED) is 0.906. The molecule has 0 fully saturated rings. The van der Waals surface area contributed by atoms with Crippen molar-refractivity contribution in [3.05, 3.63) is 29.6 Å². The highest BCUT2D eigenvalue weighted by Gasteiger charge is 2.36. The molecule has 0 bridgehead atoms. The predicted molar refractivity (Wildman–Crippen MR) is 84.9 cm³/mol. The minimum absolute atomic E-state index is 0.311. The van der Waals surface area contributed by atoms with Crippen LogP contribution in [0.1, 0.15) is 20.8 Å². The third kappa shape index (κ3) is 3.00. The van der Waals surface area contributed by atoms with E-state index >= 15 is 0 Å². The number of likely N-dealkylation sites (N-methyl/N-ethyl adjacent to an activating group) is 1. The number of carbonyl (C=O) groups excluding carboxylic acids is 1. The van der Waals surface area contributed by atoms with Crippen LogP contribution in [0.2, 0.25) is 0 Å². The third-order valence-corrected chi connectivity index (χ3v) is 4.36. The highest BCUT2D eigenvalue weighted by molar-refractivity contribution is 7.17. The molecule has 112 valence electrons. The molecule has 5 nitrogen and oxygen atoms in total. The number of urea groups is 1. The normalized spacial score (nSPS) is 11.4. The first kappa shape index (κ1) is 15.3. The van der Waals surface area contributed by atoms with Crippen LogP contribution in [0.15, 0.2) is 29.6 Å². The van der Waals surface area contributed by atoms with Crippen LogP contribution in [0.5, 0.6) is 0 Å². The number of amides is 2. The van der Waals surface area contributed by atoms with Gasteiger partial charge in [-0.3, -0.25) is 0 Å². The molecular weight excluding hydrogens is 288 g/mol. The van der Waals surface area contributed by atoms with Crippen molar-refractivity contribution in [2.45, 2.75) is 26.3 Å². The van der Waals surface area contributed by atoms with E-state index in [0.717, 1.165) is 10.1 Å². The van der Waals surface area contributed by atoms with Gasteiger partial charge >= 0.3 is 12.0 Å². The Morgan fingerprint density at radius 1 is 1.33 bits per heavy atom. The standard InChI is InChI=1S/C15H18N2O3S/c1-4-17(15(2,3)13(18)19)14(20)16-11-5-6-12-10(9-11)7-8-21-12/h5-9H,4H2,1-3H3,(H,16,20)(H,18,19). The first-order valence-electron chi connectivity index (χ1n) is 6.65. The zero-order valence-electron chi connectivity index (χ0n) is 12.2. The molecule has 2 N–H and O–H groups in total. The van der Waals surface area contributed by atoms with Crippen LogP contribution in [-0.2, 0) is 4.79 Å². The van der Waals surface area contributed by atoms with Gasteiger partial charge < -0.3 is 15.3 Å². The number of rotatable bonds is 4. The van der Waals surface area contributed by atoms with Crippen molar-refractivity contribution in [2.75, 3.05) is 11.9 Å². The summed E-state index contributed by atoms with van der Waals surface area (Å²) in [6.45, 7) is 5.10. The van der Waals surface area contributed by atoms with Gasteiger partial charge in [-0.25, -0.2) is 9.59 Å². The van der Waals surface area contributed by atoms with Crippen LogP contribution >= 0.6 is 11.3 Å². The summed E-state index contributed by atoms with van der Waals surface area (Å²) in [5.41, 5.74) is -0.601. The first-order chi connectivity index (χ1) is 9.86. The smallest absolute Gasteiger partial charge is 0.329 e. The molecule has 6 heteroatoms. The predicted octanol–water partition coefficient (Wildman–Crippen LogP) is 3.62. The summed E-state index contributed by atoms with van der Waals surface area (Å²) in [5.74, 6) is -1.03. The summed E-state index contributed by atoms with van der Waals surface area (Å²) >= 11 is 1.63. The van der Waals surface area contributed by atoms with Crippen molar-refractivity contribution in [1.82, 2.24) is 4.90 Å². The van der Waals surface area contributed by atoms with Gasteiger partial charge in [-0.15, -0.1) is 11.3 Å². The van der Waals surface area contributed by atoms with Crippen LogP contribution < -0.4 is 5.32 Å². The number of carboxylic acid groups (broad SMARTS) is 1. The van der Waals surface area contributed by atoms with Gasteiger partial charge in [-0.05, 0) is 55.8 Å². The highest BCUT2D eigenvalue weighted by atomic mass is 32.1. The summed E-state index contributed by atoms with van der Waals surface area (Å²) in [7, 11) is 0. The van der Waals surface area contributed by atoms with Gasteiger partial charge in [-0.2, -0.15) is 0 Å². The van der Waals surface area contributed by atoms with E-state index in [2.05, 4.69) is 5.32 Å². The molecule has 0 radical (unpaired) electrons. The summed E-state index contributed by atoms with van der Waals surface area (Å²) in [4.78, 5) is 24.9. The second kappa shape index (κ2) is 5.73. The average Bonchev–Trinajstić information content (AvgIpc) is 2.86. The Kier molecular flexibility index (Phi) is 4.18. The number of benzene rings is 1. The zero-order chi connectivity index (χ0) is 15.6. The van der Waals surface area contributed by atoms with E-state index < -0.39 is 17.5 Å². The van der Waals surface area contributed by atoms with Crippen LogP contribution in [0, 0.1) is 0 Å². The number of nitrogens with zero attached hydrogens (tertiary/aromatic N) is 1. The molecule has 0 atom stereocenters. The van der Waals surface area contributed by atoms with Crippen molar-refractivity contribution < 1.29 is 14.7 Å². The Labute approximate surface area is 127 Å². The second-order valence-corrected chi connectivity index (χ2v) is 6.16. The number of carbonyl (C=O) groups is 2. The Hall–Kier alpha value is -2.08. The maximum Gasteiger partial charge on any atom is 0.329 e. The molecule has 21 heavy (non-hydrogen) atoms. The molecule has 0 saturated carbocycles. The molecule has 2 aromatic rings. The Balaban J connectivity index is 2.20. The second-order valence-electron chi connectivity index (χ2n) is 5.21. The van der Waals surface area contributed by atoms with E-state index in [1.807, 2.05) is 29.6 Å². The molecule has 0 unspecified atom stereocenters. The van der Waals surface area contributed by atoms with Crippen LogP contribution in [0.3, 0.4) is 0 Å². The summed E-state index contributed by atoms with van der Waals surface area (Å²) in [6, 6.07) is 7.20. The lowest BCUT2D eigenvalue weighted by molar-refractivity contribution is -0.147. The fourth-order valence-electron chi connectivity index (χ4n) is 2.14. The molecule has 2 amide bonds. The van der Waals surface area contributed by atoms with E-state index in [0.29, 0.717) is 12.2 Å². The topological polar surface area (TPSA) is 69.6 Å². The van der Waals surface area contributed by atoms with Crippen LogP contribution in [-0.4, -0.2) is 34.1 Å². The lowest BCUT2D eigenvalue weighted by atomic mass is 10.0. The maximum absolute atomic E-state index is 12.3. The molecule has 1 aromatic carbocycles. The van der Waals surface area contributed by atoms with Gasteiger partial charge in [0.15, 0.2) is 0 Å². The summed E-state index contributed by atoms with van der Waals surface area (Å²) < 4.78 is 1.14. The number of fused-ring (bicyclic) bond motifs is 1. The lowest BCUT2D eigenvalue weighted by Crippen LogP contribution is -2.54. The number of nitrogens with one attached hydrogen (secondary N) is 1. The maximum atomic E-state index is 12.3. The molecule has 0 saturated heterocycles. The van der Waals surface area contributed by atoms with Gasteiger partial charge in [0, 0.05) is 16.9 Å². The van der Waals surface area contributed by atoms with Crippen molar-refractivity contribution in [1.29, 1.82) is 0 Å². The van der Waals surface area contributed by atoms with E-state index in [4.69, 9.17) is 0 Å². The highest BCUT2D eigenvalue weighted by Crippen LogP contribution is 2.24. The molecule has 0 aliphatic heterocycles. The van der Waals surface area contributed by atoms with Gasteiger partial charge in [0.1, 0.15) is 5.54 Å². The Morgan fingerprint density at radius 3 is 2.67 bits per heavy atom. The summed E-state index contributed by atoms with van der Waals surface area (Å²) in [5, 5.41) is 15.1. The van der Waals surface area contributed by atoms with Gasteiger partial charge in [-0.1, -0.05) is 0 Å². The van der Waals surface area contributed by atoms with Crippen molar-refractivity contribution in [2.24, 2.45) is 0 Å². The number of anilines is 1. The molecular formula is C15H18N2O3S. The minimum Gasteiger partial charge on any atom is -0.480 e. The Bertz CT molecular complexity index is 678. The van der Waals surface area contributed by atoms with Crippen LogP contribution in [0.25, 0.3) is 10.1 Å². The van der Waals surface area contributed by atoms with Gasteiger partial charge in [0.2, 0.25) is 0 Å². The largest absolute Gasteiger partial charge is 0.480 e. The third-order valence-electron chi connectivity index (χ3n) is 3.46. The van der Waals surface area contributed by atoms with Crippen molar-refractivity contribution in [3.63, 3.8) is 0 Å². The van der Waals surface area contributed by atoms with E-state index in [1.54, 1.807) is 18.3 Å². The molecule has 0 aliphatic rings. The molecule has 2 rings (SSSR count). The van der Waals surface area contributed by atoms with E-state index in [1.165, 1.54) is 18.7 Å². The number of aliphatic carboxylic acids is 1. The van der Waals surface area contributed by atoms with Gasteiger partial charge in [0.05, 0.1) is 0 Å². The monoisotopic (exact) mass is 306 g/mol. The minimum atomic E-state index is -1.26. The number of hydrogen-bond acceptors (Lipinski definition) is 3. The van der Waals surface area contributed by atoms with E-state index in [9.17, 15) is 14.7 Å². The lowest BCUT2D eigenvalue weighted by Gasteiger charge is -2.34. The fraction of sp³-hybridized carbons (Fsp3) is 0.333. The van der Waals surface area contributed by atoms with Crippen molar-refractivity contribution in [3.8, 4) is 0 Å². The van der Waals surface area contributed by atoms with E-state index in [-0.39, 0.29) is 0 Å². The number of thiophene rings is 1. The molecule has 0 spiro atoms. The zero-order valence-corrected chi connectivity index (χ0v) is 13.0. The first-order valence-corrected chi connectivity index (χ1v) is 7.53. The molecule has 1 heterocycles. The summed E-state index contributed by atoms with van der Waals surface area (Å²) in [6.07, 6.45) is 0. The van der Waals surface area contributed by atoms with Gasteiger partial charge in [0.25, 0.3) is 0 Å². The molecule has 0 aliphatic carbocycles.